The van der Waals surface area contributed by atoms with Crippen molar-refractivity contribution in [3.8, 4) is 29.4 Å². The smallest absolute Gasteiger partial charge is 0.246 e. The maximum Gasteiger partial charge on any atom is 0.246 e. The highest BCUT2D eigenvalue weighted by molar-refractivity contribution is 5.87. The molecule has 8 nitrogen and oxygen atoms in total. The lowest BCUT2D eigenvalue weighted by Crippen LogP contribution is -2.30. The summed E-state index contributed by atoms with van der Waals surface area (Å²) in [6.07, 6.45) is 3.59. The van der Waals surface area contributed by atoms with E-state index in [1.165, 1.54) is 12.3 Å². The summed E-state index contributed by atoms with van der Waals surface area (Å²) in [4.78, 5) is 22.1. The van der Waals surface area contributed by atoms with E-state index < -0.39 is 0 Å². The van der Waals surface area contributed by atoms with E-state index in [0.29, 0.717) is 36.0 Å². The fourth-order valence-corrected chi connectivity index (χ4v) is 3.06. The average molecular weight is 403 g/mol. The number of benzene rings is 1. The third-order valence-corrected chi connectivity index (χ3v) is 4.58. The van der Waals surface area contributed by atoms with Crippen molar-refractivity contribution in [1.29, 1.82) is 5.26 Å². The largest absolute Gasteiger partial charge is 0.497 e. The van der Waals surface area contributed by atoms with E-state index in [-0.39, 0.29) is 23.3 Å². The Labute approximate surface area is 175 Å². The summed E-state index contributed by atoms with van der Waals surface area (Å²) >= 11 is 0. The Morgan fingerprint density at radius 3 is 2.63 bits per heavy atom. The van der Waals surface area contributed by atoms with Gasteiger partial charge in [-0.25, -0.2) is 9.97 Å². The summed E-state index contributed by atoms with van der Waals surface area (Å²) in [5, 5.41) is 12.6. The molecule has 1 aliphatic heterocycles. The van der Waals surface area contributed by atoms with E-state index >= 15 is 0 Å². The fourth-order valence-electron chi connectivity index (χ4n) is 3.06. The van der Waals surface area contributed by atoms with Gasteiger partial charge in [0.1, 0.15) is 23.4 Å². The molecule has 2 aromatic rings. The van der Waals surface area contributed by atoms with Crippen molar-refractivity contribution in [3.05, 3.63) is 54.0 Å². The SMILES string of the molecule is C=CC(=O)N1CCC(Nc2cnc(C#N)c(C#Cc3cc(OC)cc(OC)c3)n2)C1. The second-order valence-electron chi connectivity index (χ2n) is 6.53. The second kappa shape index (κ2) is 9.44. The highest BCUT2D eigenvalue weighted by Gasteiger charge is 2.25. The van der Waals surface area contributed by atoms with Crippen LogP contribution in [0.2, 0.25) is 0 Å². The number of nitriles is 1. The molecule has 1 saturated heterocycles. The Bertz CT molecular complexity index is 1040. The number of carbonyl (C=O) groups excluding carboxylic acids is 1. The molecule has 1 fully saturated rings. The molecule has 1 atom stereocenters. The van der Waals surface area contributed by atoms with E-state index in [1.54, 1.807) is 37.3 Å². The number of carbonyl (C=O) groups is 1. The number of aromatic nitrogens is 2. The zero-order valence-electron chi connectivity index (χ0n) is 16.8. The minimum Gasteiger partial charge on any atom is -0.497 e. The molecule has 0 aliphatic carbocycles. The molecule has 3 rings (SSSR count). The summed E-state index contributed by atoms with van der Waals surface area (Å²) in [6, 6.07) is 7.33. The van der Waals surface area contributed by atoms with Gasteiger partial charge < -0.3 is 19.7 Å². The van der Waals surface area contributed by atoms with E-state index in [9.17, 15) is 10.1 Å². The third-order valence-electron chi connectivity index (χ3n) is 4.58. The minimum absolute atomic E-state index is 0.0413. The molecular weight excluding hydrogens is 382 g/mol. The van der Waals surface area contributed by atoms with Gasteiger partial charge in [-0.05, 0) is 30.6 Å². The summed E-state index contributed by atoms with van der Waals surface area (Å²) in [7, 11) is 3.13. The average Bonchev–Trinajstić information content (AvgIpc) is 3.25. The van der Waals surface area contributed by atoms with Crippen LogP contribution >= 0.6 is 0 Å². The van der Waals surface area contributed by atoms with E-state index in [2.05, 4.69) is 33.7 Å². The van der Waals surface area contributed by atoms with Crippen molar-refractivity contribution in [3.63, 3.8) is 0 Å². The molecule has 1 N–H and O–H groups in total. The number of nitrogens with zero attached hydrogens (tertiary/aromatic N) is 4. The molecule has 152 valence electrons. The van der Waals surface area contributed by atoms with Gasteiger partial charge in [0.15, 0.2) is 11.4 Å². The Hall–Kier alpha value is -4.04. The van der Waals surface area contributed by atoms with Crippen LogP contribution < -0.4 is 14.8 Å². The monoisotopic (exact) mass is 403 g/mol. The summed E-state index contributed by atoms with van der Waals surface area (Å²) in [5.41, 5.74) is 1.06. The van der Waals surface area contributed by atoms with Crippen LogP contribution in [0.5, 0.6) is 11.5 Å². The number of anilines is 1. The Morgan fingerprint density at radius 1 is 1.27 bits per heavy atom. The number of nitrogens with one attached hydrogen (secondary N) is 1. The molecule has 0 saturated carbocycles. The van der Waals surface area contributed by atoms with E-state index in [1.807, 2.05) is 6.07 Å². The molecule has 1 aliphatic rings. The molecule has 1 aromatic carbocycles. The summed E-state index contributed by atoms with van der Waals surface area (Å²) in [5.74, 6) is 7.52. The molecule has 0 radical (unpaired) electrons. The van der Waals surface area contributed by atoms with Crippen molar-refractivity contribution >= 4 is 11.7 Å². The maximum absolute atomic E-state index is 11.7. The van der Waals surface area contributed by atoms with Gasteiger partial charge in [-0.1, -0.05) is 12.5 Å². The molecule has 0 spiro atoms. The lowest BCUT2D eigenvalue weighted by atomic mass is 10.2. The van der Waals surface area contributed by atoms with E-state index in [4.69, 9.17) is 9.47 Å². The number of hydrogen-bond acceptors (Lipinski definition) is 7. The van der Waals surface area contributed by atoms with Crippen LogP contribution in [0.1, 0.15) is 23.4 Å². The number of likely N-dealkylation sites (tertiary alicyclic amines) is 1. The highest BCUT2D eigenvalue weighted by atomic mass is 16.5. The maximum atomic E-state index is 11.7. The molecule has 8 heteroatoms. The fraction of sp³-hybridized carbons (Fsp3) is 0.273. The van der Waals surface area contributed by atoms with Crippen LogP contribution in [-0.2, 0) is 4.79 Å². The number of amides is 1. The van der Waals surface area contributed by atoms with Crippen LogP contribution in [0.3, 0.4) is 0 Å². The Morgan fingerprint density at radius 2 is 2.00 bits per heavy atom. The number of hydrogen-bond donors (Lipinski definition) is 1. The van der Waals surface area contributed by atoms with Gasteiger partial charge in [0, 0.05) is 30.8 Å². The molecule has 1 unspecified atom stereocenters. The van der Waals surface area contributed by atoms with Crippen molar-refractivity contribution in [2.45, 2.75) is 12.5 Å². The predicted octanol–water partition coefficient (Wildman–Crippen LogP) is 1.96. The second-order valence-corrected chi connectivity index (χ2v) is 6.53. The van der Waals surface area contributed by atoms with Gasteiger partial charge in [0.25, 0.3) is 0 Å². The Kier molecular flexibility index (Phi) is 6.51. The molecule has 1 aromatic heterocycles. The van der Waals surface area contributed by atoms with Crippen molar-refractivity contribution in [2.24, 2.45) is 0 Å². The first kappa shape index (κ1) is 20.7. The van der Waals surface area contributed by atoms with Gasteiger partial charge in [0.2, 0.25) is 5.91 Å². The minimum atomic E-state index is -0.0921. The lowest BCUT2D eigenvalue weighted by Gasteiger charge is -2.15. The standard InChI is InChI=1S/C22H21N5O3/c1-4-22(28)27-8-7-16(14-27)25-21-13-24-20(12-23)19(26-21)6-5-15-9-17(29-2)11-18(10-15)30-3/h4,9-11,13,16H,1,7-8,14H2,2-3H3,(H,25,26). The number of rotatable bonds is 5. The van der Waals surface area contributed by atoms with Gasteiger partial charge in [-0.15, -0.1) is 0 Å². The van der Waals surface area contributed by atoms with Crippen molar-refractivity contribution < 1.29 is 14.3 Å². The first-order valence-corrected chi connectivity index (χ1v) is 9.26. The first-order chi connectivity index (χ1) is 14.6. The van der Waals surface area contributed by atoms with E-state index in [0.717, 1.165) is 6.42 Å². The van der Waals surface area contributed by atoms with Crippen molar-refractivity contribution in [2.75, 3.05) is 32.6 Å². The van der Waals surface area contributed by atoms with Crippen LogP contribution in [-0.4, -0.2) is 54.1 Å². The number of ether oxygens (including phenoxy) is 2. The quantitative estimate of drug-likeness (QED) is 0.602. The Balaban J connectivity index is 1.82. The predicted molar refractivity (Wildman–Crippen MR) is 111 cm³/mol. The highest BCUT2D eigenvalue weighted by Crippen LogP contribution is 2.22. The zero-order valence-corrected chi connectivity index (χ0v) is 16.8. The molecule has 0 bridgehead atoms. The molecule has 2 heterocycles. The zero-order chi connectivity index (χ0) is 21.5. The van der Waals surface area contributed by atoms with Gasteiger partial charge in [-0.3, -0.25) is 4.79 Å². The summed E-state index contributed by atoms with van der Waals surface area (Å²) < 4.78 is 10.5. The normalized spacial score (nSPS) is 14.8. The lowest BCUT2D eigenvalue weighted by molar-refractivity contribution is -0.125. The topological polar surface area (TPSA) is 100 Å². The van der Waals surface area contributed by atoms with Crippen LogP contribution in [0, 0.1) is 23.2 Å². The molecular formula is C22H21N5O3. The van der Waals surface area contributed by atoms with Crippen LogP contribution in [0.25, 0.3) is 0 Å². The first-order valence-electron chi connectivity index (χ1n) is 9.26. The van der Waals surface area contributed by atoms with Gasteiger partial charge in [0.05, 0.1) is 20.4 Å². The van der Waals surface area contributed by atoms with Gasteiger partial charge in [-0.2, -0.15) is 5.26 Å². The van der Waals surface area contributed by atoms with Crippen LogP contribution in [0.4, 0.5) is 5.82 Å². The van der Waals surface area contributed by atoms with Crippen molar-refractivity contribution in [1.82, 2.24) is 14.9 Å². The molecule has 30 heavy (non-hydrogen) atoms. The third kappa shape index (κ3) is 4.86. The van der Waals surface area contributed by atoms with Gasteiger partial charge >= 0.3 is 0 Å². The summed E-state index contributed by atoms with van der Waals surface area (Å²) in [6.45, 7) is 4.72. The van der Waals surface area contributed by atoms with Crippen LogP contribution in [0.15, 0.2) is 37.1 Å². The molecule has 1 amide bonds. The number of methoxy groups -OCH3 is 2.